The fourth-order valence-electron chi connectivity index (χ4n) is 2.28. The molecule has 1 heterocycles. The molecule has 0 aliphatic carbocycles. The summed E-state index contributed by atoms with van der Waals surface area (Å²) < 4.78 is 13.1. The molecule has 1 aliphatic rings. The number of aryl methyl sites for hydroxylation is 1. The normalized spacial score (nSPS) is 18.8. The van der Waals surface area contributed by atoms with E-state index in [1.807, 2.05) is 0 Å². The molecule has 1 atom stereocenters. The van der Waals surface area contributed by atoms with Gasteiger partial charge in [0.1, 0.15) is 5.82 Å². The summed E-state index contributed by atoms with van der Waals surface area (Å²) in [5, 5.41) is 13.4. The number of hydrogen-bond donors (Lipinski definition) is 2. The summed E-state index contributed by atoms with van der Waals surface area (Å²) in [5.41, 5.74) is 1.40. The van der Waals surface area contributed by atoms with Crippen LogP contribution in [-0.2, 0) is 0 Å². The van der Waals surface area contributed by atoms with Crippen molar-refractivity contribution < 1.29 is 9.50 Å². The van der Waals surface area contributed by atoms with Crippen molar-refractivity contribution in [3.63, 3.8) is 0 Å². The molecular formula is C14H21FN2O. The van der Waals surface area contributed by atoms with E-state index in [0.717, 1.165) is 38.3 Å². The molecule has 1 aromatic rings. The van der Waals surface area contributed by atoms with Crippen LogP contribution in [0.2, 0.25) is 0 Å². The highest BCUT2D eigenvalue weighted by atomic mass is 19.1. The van der Waals surface area contributed by atoms with E-state index < -0.39 is 6.10 Å². The highest BCUT2D eigenvalue weighted by Crippen LogP contribution is 2.19. The maximum Gasteiger partial charge on any atom is 0.126 e. The molecule has 18 heavy (non-hydrogen) atoms. The van der Waals surface area contributed by atoms with Crippen LogP contribution in [0.4, 0.5) is 4.39 Å². The Morgan fingerprint density at radius 1 is 1.39 bits per heavy atom. The molecule has 0 radical (unpaired) electrons. The number of benzene rings is 1. The lowest BCUT2D eigenvalue weighted by molar-refractivity contribution is 0.136. The monoisotopic (exact) mass is 252 g/mol. The number of hydrogen-bond acceptors (Lipinski definition) is 3. The first-order chi connectivity index (χ1) is 8.66. The molecule has 4 heteroatoms. The second-order valence-corrected chi connectivity index (χ2v) is 4.90. The molecule has 2 N–H and O–H groups in total. The summed E-state index contributed by atoms with van der Waals surface area (Å²) in [5.74, 6) is -0.215. The van der Waals surface area contributed by atoms with Gasteiger partial charge >= 0.3 is 0 Å². The van der Waals surface area contributed by atoms with Crippen LogP contribution in [0.15, 0.2) is 18.2 Å². The van der Waals surface area contributed by atoms with Crippen LogP contribution in [0.3, 0.4) is 0 Å². The van der Waals surface area contributed by atoms with Crippen molar-refractivity contribution in [3.8, 4) is 0 Å². The number of piperazine rings is 1. The highest BCUT2D eigenvalue weighted by Gasteiger charge is 2.13. The molecule has 0 bridgehead atoms. The SMILES string of the molecule is Cc1cc(C(O)CCN2CCNCC2)ccc1F. The maximum absolute atomic E-state index is 13.1. The third-order valence-corrected chi connectivity index (χ3v) is 3.50. The molecule has 1 aromatic carbocycles. The van der Waals surface area contributed by atoms with E-state index >= 15 is 0 Å². The van der Waals surface area contributed by atoms with Crippen molar-refractivity contribution in [2.24, 2.45) is 0 Å². The Labute approximate surface area is 108 Å². The molecule has 1 saturated heterocycles. The van der Waals surface area contributed by atoms with Crippen LogP contribution < -0.4 is 5.32 Å². The number of rotatable bonds is 4. The van der Waals surface area contributed by atoms with Gasteiger partial charge in [0.25, 0.3) is 0 Å². The zero-order chi connectivity index (χ0) is 13.0. The second kappa shape index (κ2) is 6.27. The molecule has 0 amide bonds. The summed E-state index contributed by atoms with van der Waals surface area (Å²) in [4.78, 5) is 2.34. The first-order valence-electron chi connectivity index (χ1n) is 6.54. The predicted molar refractivity (Wildman–Crippen MR) is 70.0 cm³/mol. The maximum atomic E-state index is 13.1. The van der Waals surface area contributed by atoms with E-state index in [4.69, 9.17) is 0 Å². The van der Waals surface area contributed by atoms with Crippen molar-refractivity contribution in [3.05, 3.63) is 35.1 Å². The van der Waals surface area contributed by atoms with Gasteiger partial charge in [-0.05, 0) is 30.5 Å². The molecule has 1 fully saturated rings. The molecule has 0 saturated carbocycles. The van der Waals surface area contributed by atoms with E-state index in [1.165, 1.54) is 6.07 Å². The largest absolute Gasteiger partial charge is 0.388 e. The molecule has 3 nitrogen and oxygen atoms in total. The average Bonchev–Trinajstić information content (AvgIpc) is 2.40. The lowest BCUT2D eigenvalue weighted by atomic mass is 10.0. The zero-order valence-electron chi connectivity index (χ0n) is 10.8. The van der Waals surface area contributed by atoms with Gasteiger partial charge in [-0.25, -0.2) is 4.39 Å². The minimum Gasteiger partial charge on any atom is -0.388 e. The third kappa shape index (κ3) is 3.51. The van der Waals surface area contributed by atoms with E-state index in [0.29, 0.717) is 12.0 Å². The molecule has 2 rings (SSSR count). The van der Waals surface area contributed by atoms with Gasteiger partial charge in [0.05, 0.1) is 6.10 Å². The Hall–Kier alpha value is -0.970. The standard InChI is InChI=1S/C14H21FN2O/c1-11-10-12(2-3-13(11)15)14(18)4-7-17-8-5-16-6-9-17/h2-3,10,14,16,18H,4-9H2,1H3. The molecule has 0 aromatic heterocycles. The molecule has 100 valence electrons. The second-order valence-electron chi connectivity index (χ2n) is 4.90. The smallest absolute Gasteiger partial charge is 0.126 e. The van der Waals surface area contributed by atoms with Crippen molar-refractivity contribution in [1.29, 1.82) is 0 Å². The fraction of sp³-hybridized carbons (Fsp3) is 0.571. The summed E-state index contributed by atoms with van der Waals surface area (Å²) in [6.07, 6.45) is 0.199. The topological polar surface area (TPSA) is 35.5 Å². The van der Waals surface area contributed by atoms with Crippen molar-refractivity contribution >= 4 is 0 Å². The van der Waals surface area contributed by atoms with Gasteiger partial charge in [-0.15, -0.1) is 0 Å². The molecular weight excluding hydrogens is 231 g/mol. The number of aliphatic hydroxyl groups is 1. The van der Waals surface area contributed by atoms with Crippen molar-refractivity contribution in [2.45, 2.75) is 19.4 Å². The fourth-order valence-corrected chi connectivity index (χ4v) is 2.28. The Bertz CT molecular complexity index is 391. The lowest BCUT2D eigenvalue weighted by Gasteiger charge is -2.28. The van der Waals surface area contributed by atoms with E-state index in [1.54, 1.807) is 19.1 Å². The van der Waals surface area contributed by atoms with Crippen molar-refractivity contribution in [1.82, 2.24) is 10.2 Å². The Kier molecular flexibility index (Phi) is 4.69. The van der Waals surface area contributed by atoms with Gasteiger partial charge in [-0.3, -0.25) is 0 Å². The zero-order valence-corrected chi connectivity index (χ0v) is 10.8. The number of aliphatic hydroxyl groups excluding tert-OH is 1. The molecule has 0 spiro atoms. The summed E-state index contributed by atoms with van der Waals surface area (Å²) in [7, 11) is 0. The average molecular weight is 252 g/mol. The first kappa shape index (κ1) is 13.5. The molecule has 1 unspecified atom stereocenters. The quantitative estimate of drug-likeness (QED) is 0.851. The van der Waals surface area contributed by atoms with Crippen molar-refractivity contribution in [2.75, 3.05) is 32.7 Å². The van der Waals surface area contributed by atoms with Gasteiger partial charge in [0, 0.05) is 32.7 Å². The minimum absolute atomic E-state index is 0.215. The van der Waals surface area contributed by atoms with Gasteiger partial charge in [0.2, 0.25) is 0 Å². The van der Waals surface area contributed by atoms with Gasteiger partial charge in [-0.2, -0.15) is 0 Å². The Morgan fingerprint density at radius 2 is 2.11 bits per heavy atom. The third-order valence-electron chi connectivity index (χ3n) is 3.50. The van der Waals surface area contributed by atoms with E-state index in [2.05, 4.69) is 10.2 Å². The van der Waals surface area contributed by atoms with E-state index in [-0.39, 0.29) is 5.82 Å². The van der Waals surface area contributed by atoms with Crippen LogP contribution in [-0.4, -0.2) is 42.7 Å². The van der Waals surface area contributed by atoms with Crippen LogP contribution >= 0.6 is 0 Å². The van der Waals surface area contributed by atoms with Gasteiger partial charge in [-0.1, -0.05) is 12.1 Å². The van der Waals surface area contributed by atoms with Crippen LogP contribution in [0.5, 0.6) is 0 Å². The van der Waals surface area contributed by atoms with Gasteiger partial charge in [0.15, 0.2) is 0 Å². The summed E-state index contributed by atoms with van der Waals surface area (Å²) in [6.45, 7) is 6.73. The number of nitrogens with zero attached hydrogens (tertiary/aromatic N) is 1. The van der Waals surface area contributed by atoms with Crippen LogP contribution in [0.25, 0.3) is 0 Å². The Balaban J connectivity index is 1.86. The van der Waals surface area contributed by atoms with E-state index in [9.17, 15) is 9.50 Å². The van der Waals surface area contributed by atoms with Crippen LogP contribution in [0.1, 0.15) is 23.7 Å². The van der Waals surface area contributed by atoms with Gasteiger partial charge < -0.3 is 15.3 Å². The van der Waals surface area contributed by atoms with Crippen LogP contribution in [0, 0.1) is 12.7 Å². The predicted octanol–water partition coefficient (Wildman–Crippen LogP) is 1.46. The molecule has 1 aliphatic heterocycles. The summed E-state index contributed by atoms with van der Waals surface area (Å²) >= 11 is 0. The lowest BCUT2D eigenvalue weighted by Crippen LogP contribution is -2.44. The highest BCUT2D eigenvalue weighted by molar-refractivity contribution is 5.25. The number of halogens is 1. The minimum atomic E-state index is -0.501. The summed E-state index contributed by atoms with van der Waals surface area (Å²) in [6, 6.07) is 4.83. The Morgan fingerprint density at radius 3 is 2.78 bits per heavy atom. The first-order valence-corrected chi connectivity index (χ1v) is 6.54. The number of nitrogens with one attached hydrogen (secondary N) is 1.